The van der Waals surface area contributed by atoms with Gasteiger partial charge in [0.25, 0.3) is 0 Å². The lowest BCUT2D eigenvalue weighted by molar-refractivity contribution is -0.0913. The number of aliphatic hydroxyl groups excluding tert-OH is 1. The third-order valence-electron chi connectivity index (χ3n) is 10.8. The topological polar surface area (TPSA) is 20.2 Å². The van der Waals surface area contributed by atoms with Crippen LogP contribution in [0.4, 0.5) is 0 Å². The van der Waals surface area contributed by atoms with Gasteiger partial charge >= 0.3 is 0 Å². The Bertz CT molecular complexity index is 674. The highest BCUT2D eigenvalue weighted by molar-refractivity contribution is 5.26. The lowest BCUT2D eigenvalue weighted by Crippen LogP contribution is -2.54. The van der Waals surface area contributed by atoms with Gasteiger partial charge in [-0.05, 0) is 105 Å². The number of rotatable bonds is 5. The van der Waals surface area contributed by atoms with Crippen molar-refractivity contribution in [2.45, 2.75) is 105 Å². The first kappa shape index (κ1) is 22.6. The van der Waals surface area contributed by atoms with Crippen molar-refractivity contribution >= 4 is 0 Å². The zero-order valence-electron chi connectivity index (χ0n) is 20.7. The second-order valence-electron chi connectivity index (χ2n) is 12.3. The van der Waals surface area contributed by atoms with Gasteiger partial charge < -0.3 is 5.11 Å². The van der Waals surface area contributed by atoms with E-state index in [2.05, 4.69) is 59.8 Å². The van der Waals surface area contributed by atoms with Crippen LogP contribution >= 0.6 is 0 Å². The quantitative estimate of drug-likeness (QED) is 0.457. The number of fused-ring (bicyclic) bond motifs is 5. The van der Waals surface area contributed by atoms with Crippen LogP contribution in [0.25, 0.3) is 0 Å². The summed E-state index contributed by atoms with van der Waals surface area (Å²) >= 11 is 0. The number of allylic oxidation sites excluding steroid dienone is 3. The molecule has 3 saturated carbocycles. The van der Waals surface area contributed by atoms with Crippen LogP contribution < -0.4 is 0 Å². The van der Waals surface area contributed by atoms with Crippen molar-refractivity contribution in [1.82, 2.24) is 0 Å². The molecule has 2 unspecified atom stereocenters. The van der Waals surface area contributed by atoms with E-state index in [-0.39, 0.29) is 11.5 Å². The molecule has 0 amide bonds. The smallest absolute Gasteiger partial charge is 0.0633 e. The number of hydrogen-bond donors (Lipinski definition) is 1. The van der Waals surface area contributed by atoms with Crippen LogP contribution in [0.15, 0.2) is 23.8 Å². The van der Waals surface area contributed by atoms with Gasteiger partial charge in [-0.3, -0.25) is 0 Å². The molecule has 4 aliphatic carbocycles. The van der Waals surface area contributed by atoms with Crippen molar-refractivity contribution in [2.24, 2.45) is 52.3 Å². The predicted octanol–water partition coefficient (Wildman–Crippen LogP) is 7.80. The molecule has 3 fully saturated rings. The van der Waals surface area contributed by atoms with Crippen LogP contribution in [-0.2, 0) is 0 Å². The minimum Gasteiger partial charge on any atom is -0.392 e. The molecule has 0 aliphatic heterocycles. The second kappa shape index (κ2) is 8.42. The summed E-state index contributed by atoms with van der Waals surface area (Å²) in [5.41, 5.74) is 2.17. The molecule has 9 atom stereocenters. The fraction of sp³-hybridized carbons (Fsp3) is 0.862. The van der Waals surface area contributed by atoms with Gasteiger partial charge in [0.15, 0.2) is 0 Å². The van der Waals surface area contributed by atoms with Crippen molar-refractivity contribution in [3.05, 3.63) is 23.8 Å². The Morgan fingerprint density at radius 2 is 1.83 bits per heavy atom. The normalized spacial score (nSPS) is 45.6. The van der Waals surface area contributed by atoms with Crippen LogP contribution in [0.1, 0.15) is 99.3 Å². The van der Waals surface area contributed by atoms with Crippen molar-refractivity contribution < 1.29 is 5.11 Å². The monoisotopic (exact) mass is 412 g/mol. The minimum atomic E-state index is -0.115. The van der Waals surface area contributed by atoms with Crippen molar-refractivity contribution in [2.75, 3.05) is 0 Å². The van der Waals surface area contributed by atoms with E-state index in [0.29, 0.717) is 17.3 Å². The van der Waals surface area contributed by atoms with E-state index in [9.17, 15) is 5.11 Å². The first-order valence-electron chi connectivity index (χ1n) is 13.3. The van der Waals surface area contributed by atoms with Crippen molar-refractivity contribution in [1.29, 1.82) is 0 Å². The number of hydrogen-bond acceptors (Lipinski definition) is 1. The average Bonchev–Trinajstić information content (AvgIpc) is 3.06. The van der Waals surface area contributed by atoms with Gasteiger partial charge in [-0.25, -0.2) is 0 Å². The molecule has 4 rings (SSSR count). The summed E-state index contributed by atoms with van der Waals surface area (Å²) in [5.74, 6) is 5.35. The summed E-state index contributed by atoms with van der Waals surface area (Å²) in [4.78, 5) is 0. The molecule has 0 saturated heterocycles. The molecule has 0 aromatic rings. The van der Waals surface area contributed by atoms with Crippen LogP contribution in [0.5, 0.6) is 0 Å². The summed E-state index contributed by atoms with van der Waals surface area (Å²) in [5, 5.41) is 11.1. The van der Waals surface area contributed by atoms with Gasteiger partial charge in [-0.1, -0.05) is 65.3 Å². The largest absolute Gasteiger partial charge is 0.392 e. The average molecular weight is 413 g/mol. The molecule has 1 N–H and O–H groups in total. The van der Waals surface area contributed by atoms with Gasteiger partial charge in [0.2, 0.25) is 0 Å². The second-order valence-corrected chi connectivity index (χ2v) is 12.3. The maximum Gasteiger partial charge on any atom is 0.0633 e. The van der Waals surface area contributed by atoms with E-state index in [0.717, 1.165) is 36.0 Å². The Kier molecular flexibility index (Phi) is 6.35. The molecule has 1 nitrogen and oxygen atoms in total. The molecule has 30 heavy (non-hydrogen) atoms. The van der Waals surface area contributed by atoms with E-state index < -0.39 is 0 Å². The molecular weight excluding hydrogens is 364 g/mol. The highest BCUT2D eigenvalue weighted by atomic mass is 16.3. The van der Waals surface area contributed by atoms with Gasteiger partial charge in [-0.15, -0.1) is 0 Å². The van der Waals surface area contributed by atoms with Gasteiger partial charge in [0, 0.05) is 5.41 Å². The van der Waals surface area contributed by atoms with Crippen LogP contribution in [0.2, 0.25) is 0 Å². The maximum atomic E-state index is 11.1. The molecule has 0 spiro atoms. The van der Waals surface area contributed by atoms with Gasteiger partial charge in [-0.2, -0.15) is 0 Å². The van der Waals surface area contributed by atoms with Gasteiger partial charge in [0.05, 0.1) is 6.10 Å². The van der Waals surface area contributed by atoms with Crippen LogP contribution in [-0.4, -0.2) is 11.2 Å². The summed E-state index contributed by atoms with van der Waals surface area (Å²) in [6, 6.07) is 0. The first-order chi connectivity index (χ1) is 14.2. The summed E-state index contributed by atoms with van der Waals surface area (Å²) in [6.45, 7) is 14.6. The fourth-order valence-electron chi connectivity index (χ4n) is 8.90. The molecule has 0 radical (unpaired) electrons. The Hall–Kier alpha value is -0.560. The van der Waals surface area contributed by atoms with Crippen LogP contribution in [0, 0.1) is 52.3 Å². The van der Waals surface area contributed by atoms with Crippen LogP contribution in [0.3, 0.4) is 0 Å². The van der Waals surface area contributed by atoms with Crippen molar-refractivity contribution in [3.63, 3.8) is 0 Å². The number of aliphatic hydroxyl groups is 1. The summed E-state index contributed by atoms with van der Waals surface area (Å²) in [7, 11) is 0. The van der Waals surface area contributed by atoms with E-state index in [1.165, 1.54) is 51.4 Å². The Morgan fingerprint density at radius 3 is 2.53 bits per heavy atom. The maximum absolute atomic E-state index is 11.1. The SMILES string of the molecule is CCC(/C=C/[C@@H](C)[C@H]1CC[C@H]2[C@@H]3CC=C4CCCC(O)[C@]4(C)[C@H]3CC[C@]12C)C(C)C. The fourth-order valence-corrected chi connectivity index (χ4v) is 8.90. The Labute approximate surface area is 186 Å². The zero-order valence-corrected chi connectivity index (χ0v) is 20.7. The predicted molar refractivity (Wildman–Crippen MR) is 128 cm³/mol. The lowest BCUT2D eigenvalue weighted by atomic mass is 9.46. The summed E-state index contributed by atoms with van der Waals surface area (Å²) in [6.07, 6.45) is 19.1. The Balaban J connectivity index is 1.54. The third kappa shape index (κ3) is 3.46. The molecule has 170 valence electrons. The van der Waals surface area contributed by atoms with E-state index in [1.807, 2.05) is 0 Å². The molecular formula is C29H48O. The molecule has 1 heteroatoms. The van der Waals surface area contributed by atoms with E-state index >= 15 is 0 Å². The molecule has 0 aromatic heterocycles. The zero-order chi connectivity index (χ0) is 21.7. The molecule has 0 bridgehead atoms. The minimum absolute atomic E-state index is 0.0672. The third-order valence-corrected chi connectivity index (χ3v) is 10.8. The summed E-state index contributed by atoms with van der Waals surface area (Å²) < 4.78 is 0. The lowest BCUT2D eigenvalue weighted by Gasteiger charge is -2.59. The molecule has 4 aliphatic rings. The van der Waals surface area contributed by atoms with E-state index in [1.54, 1.807) is 5.57 Å². The molecule has 0 heterocycles. The van der Waals surface area contributed by atoms with Crippen molar-refractivity contribution in [3.8, 4) is 0 Å². The highest BCUT2D eigenvalue weighted by Gasteiger charge is 2.60. The van der Waals surface area contributed by atoms with Gasteiger partial charge in [0.1, 0.15) is 0 Å². The Morgan fingerprint density at radius 1 is 1.07 bits per heavy atom. The molecule has 0 aromatic carbocycles. The first-order valence-corrected chi connectivity index (χ1v) is 13.3. The highest BCUT2D eigenvalue weighted by Crippen LogP contribution is 2.67. The van der Waals surface area contributed by atoms with E-state index in [4.69, 9.17) is 0 Å². The standard InChI is InChI=1S/C29H48O/c1-7-21(19(2)3)12-11-20(4)24-15-16-25-23-14-13-22-9-8-10-27(30)29(22,6)26(23)17-18-28(24,25)5/h11-13,19-21,23-27,30H,7-10,14-18H2,1-6H3/b12-11+/t20-,21?,23+,24-,25+,26+,27?,28-,29+/m1/s1.